The van der Waals surface area contributed by atoms with Gasteiger partial charge >= 0.3 is 0 Å². The molecule has 2 amide bonds. The summed E-state index contributed by atoms with van der Waals surface area (Å²) in [6, 6.07) is 6.85. The number of rotatable bonds is 4. The van der Waals surface area contributed by atoms with Crippen LogP contribution < -0.4 is 9.80 Å². The highest BCUT2D eigenvalue weighted by molar-refractivity contribution is 6.36. The summed E-state index contributed by atoms with van der Waals surface area (Å²) < 4.78 is 0. The van der Waals surface area contributed by atoms with Crippen molar-refractivity contribution >= 4 is 29.1 Å². The van der Waals surface area contributed by atoms with Crippen LogP contribution in [0.25, 0.3) is 0 Å². The Kier molecular flexibility index (Phi) is 4.99. The molecule has 0 bridgehead atoms. The molecule has 1 aromatic carbocycles. The quantitative estimate of drug-likeness (QED) is 0.799. The maximum atomic E-state index is 12.9. The molecule has 23 heavy (non-hydrogen) atoms. The van der Waals surface area contributed by atoms with Gasteiger partial charge in [-0.1, -0.05) is 23.7 Å². The fraction of sp³-hybridized carbons (Fsp3) is 0.529. The third kappa shape index (κ3) is 3.13. The van der Waals surface area contributed by atoms with Gasteiger partial charge < -0.3 is 10.0 Å². The van der Waals surface area contributed by atoms with Gasteiger partial charge in [0.05, 0.1) is 29.7 Å². The Labute approximate surface area is 140 Å². The van der Waals surface area contributed by atoms with E-state index in [4.69, 9.17) is 11.6 Å². The minimum absolute atomic E-state index is 0.122. The highest BCUT2D eigenvalue weighted by atomic mass is 35.5. The highest BCUT2D eigenvalue weighted by Crippen LogP contribution is 2.29. The number of quaternary nitrogens is 1. The predicted octanol–water partition coefficient (Wildman–Crippen LogP) is 0.792. The highest BCUT2D eigenvalue weighted by Gasteiger charge is 2.48. The number of para-hydroxylation sites is 1. The molecule has 3 rings (SSSR count). The average molecular weight is 338 g/mol. The van der Waals surface area contributed by atoms with Crippen molar-refractivity contribution in [3.63, 3.8) is 0 Å². The van der Waals surface area contributed by atoms with E-state index in [9.17, 15) is 14.7 Å². The molecule has 2 fully saturated rings. The third-order valence-corrected chi connectivity index (χ3v) is 5.28. The van der Waals surface area contributed by atoms with Gasteiger partial charge in [0.1, 0.15) is 0 Å². The smallest absolute Gasteiger partial charge is 0.292 e. The number of carbonyl (C=O) groups is 2. The lowest BCUT2D eigenvalue weighted by Gasteiger charge is -2.35. The molecule has 1 aromatic rings. The number of hydrogen-bond acceptors (Lipinski definition) is 3. The molecular formula is C17H22ClN2O3+. The Morgan fingerprint density at radius 2 is 2.04 bits per heavy atom. The Morgan fingerprint density at radius 3 is 2.78 bits per heavy atom. The minimum atomic E-state index is -0.351. The SMILES string of the molecule is O=C1C[C@@H]([NH+]2CCCC[C@@H]2CCO)C(=O)N1c1ccccc1Cl. The van der Waals surface area contributed by atoms with E-state index in [0.29, 0.717) is 17.1 Å². The van der Waals surface area contributed by atoms with Gasteiger partial charge in [-0.15, -0.1) is 0 Å². The second-order valence-electron chi connectivity index (χ2n) is 6.31. The van der Waals surface area contributed by atoms with Crippen LogP contribution in [0.5, 0.6) is 0 Å². The molecule has 3 atom stereocenters. The summed E-state index contributed by atoms with van der Waals surface area (Å²) >= 11 is 6.16. The molecule has 1 unspecified atom stereocenters. The van der Waals surface area contributed by atoms with E-state index >= 15 is 0 Å². The molecule has 2 aliphatic rings. The Balaban J connectivity index is 1.84. The lowest BCUT2D eigenvalue weighted by Crippen LogP contribution is -3.20. The molecule has 0 aliphatic carbocycles. The molecular weight excluding hydrogens is 316 g/mol. The van der Waals surface area contributed by atoms with Crippen LogP contribution in [0.2, 0.25) is 5.02 Å². The van der Waals surface area contributed by atoms with Crippen molar-refractivity contribution in [2.24, 2.45) is 0 Å². The summed E-state index contributed by atoms with van der Waals surface area (Å²) in [4.78, 5) is 27.7. The standard InChI is InChI=1S/C17H21ClN2O3/c18-13-6-1-2-7-14(13)20-16(22)11-15(17(20)23)19-9-4-3-5-12(19)8-10-21/h1-2,6-7,12,15,21H,3-5,8-11H2/p+1/t12-,15-/m1/s1. The topological polar surface area (TPSA) is 62.1 Å². The van der Waals surface area contributed by atoms with Gasteiger partial charge in [-0.3, -0.25) is 9.59 Å². The number of carbonyl (C=O) groups excluding carboxylic acids is 2. The first kappa shape index (κ1) is 16.4. The second-order valence-corrected chi connectivity index (χ2v) is 6.71. The van der Waals surface area contributed by atoms with Crippen molar-refractivity contribution in [1.82, 2.24) is 0 Å². The first-order valence-electron chi connectivity index (χ1n) is 8.21. The van der Waals surface area contributed by atoms with Crippen LogP contribution >= 0.6 is 11.6 Å². The summed E-state index contributed by atoms with van der Waals surface area (Å²) in [5.41, 5.74) is 0.474. The Hall–Kier alpha value is -1.43. The second kappa shape index (κ2) is 6.99. The number of likely N-dealkylation sites (tertiary alicyclic amines) is 1. The lowest BCUT2D eigenvalue weighted by atomic mass is 9.97. The van der Waals surface area contributed by atoms with Gasteiger partial charge in [-0.05, 0) is 31.4 Å². The van der Waals surface area contributed by atoms with Gasteiger partial charge in [0.2, 0.25) is 5.91 Å². The van der Waals surface area contributed by atoms with Crippen LogP contribution in [0.1, 0.15) is 32.1 Å². The number of halogens is 1. The number of anilines is 1. The molecule has 0 radical (unpaired) electrons. The Morgan fingerprint density at radius 1 is 1.26 bits per heavy atom. The van der Waals surface area contributed by atoms with E-state index in [-0.39, 0.29) is 36.9 Å². The van der Waals surface area contributed by atoms with Crippen molar-refractivity contribution in [3.05, 3.63) is 29.3 Å². The zero-order valence-corrected chi connectivity index (χ0v) is 13.8. The maximum absolute atomic E-state index is 12.9. The number of nitrogens with one attached hydrogen (secondary N) is 1. The summed E-state index contributed by atoms with van der Waals surface area (Å²) in [6.07, 6.45) is 4.08. The van der Waals surface area contributed by atoms with Crippen LogP contribution in [-0.2, 0) is 9.59 Å². The van der Waals surface area contributed by atoms with Crippen molar-refractivity contribution in [2.75, 3.05) is 18.1 Å². The molecule has 124 valence electrons. The van der Waals surface area contributed by atoms with Crippen LogP contribution in [-0.4, -0.2) is 42.2 Å². The molecule has 2 N–H and O–H groups in total. The van der Waals surface area contributed by atoms with Gasteiger partial charge in [0.15, 0.2) is 6.04 Å². The van der Waals surface area contributed by atoms with E-state index in [1.54, 1.807) is 24.3 Å². The van der Waals surface area contributed by atoms with Gasteiger partial charge in [-0.2, -0.15) is 0 Å². The fourth-order valence-electron chi connectivity index (χ4n) is 3.86. The number of nitrogens with zero attached hydrogens (tertiary/aromatic N) is 1. The van der Waals surface area contributed by atoms with Crippen LogP contribution in [0, 0.1) is 0 Å². The number of aliphatic hydroxyl groups is 1. The first-order chi connectivity index (χ1) is 11.1. The lowest BCUT2D eigenvalue weighted by molar-refractivity contribution is -0.945. The normalized spacial score (nSPS) is 28.4. The van der Waals surface area contributed by atoms with Crippen molar-refractivity contribution < 1.29 is 19.6 Å². The van der Waals surface area contributed by atoms with Crippen LogP contribution in [0.4, 0.5) is 5.69 Å². The fourth-order valence-corrected chi connectivity index (χ4v) is 4.08. The molecule has 0 aromatic heterocycles. The summed E-state index contributed by atoms with van der Waals surface area (Å²) in [5, 5.41) is 9.68. The maximum Gasteiger partial charge on any atom is 0.292 e. The van der Waals surface area contributed by atoms with E-state index < -0.39 is 0 Å². The summed E-state index contributed by atoms with van der Waals surface area (Å²) in [7, 11) is 0. The zero-order chi connectivity index (χ0) is 16.4. The number of benzene rings is 1. The number of hydrogen-bond donors (Lipinski definition) is 2. The monoisotopic (exact) mass is 337 g/mol. The molecule has 0 saturated carbocycles. The minimum Gasteiger partial charge on any atom is -0.396 e. The number of amides is 2. The summed E-state index contributed by atoms with van der Waals surface area (Å²) in [6.45, 7) is 1.00. The molecule has 5 nitrogen and oxygen atoms in total. The zero-order valence-electron chi connectivity index (χ0n) is 13.0. The molecule has 0 spiro atoms. The van der Waals surface area contributed by atoms with Crippen LogP contribution in [0.15, 0.2) is 24.3 Å². The third-order valence-electron chi connectivity index (χ3n) is 4.96. The number of imide groups is 1. The average Bonchev–Trinajstić information content (AvgIpc) is 2.84. The number of aliphatic hydroxyl groups excluding tert-OH is 1. The van der Waals surface area contributed by atoms with E-state index in [2.05, 4.69) is 0 Å². The van der Waals surface area contributed by atoms with Crippen molar-refractivity contribution in [2.45, 2.75) is 44.2 Å². The van der Waals surface area contributed by atoms with Crippen LogP contribution in [0.3, 0.4) is 0 Å². The van der Waals surface area contributed by atoms with Crippen molar-refractivity contribution in [1.29, 1.82) is 0 Å². The molecule has 6 heteroatoms. The van der Waals surface area contributed by atoms with Crippen molar-refractivity contribution in [3.8, 4) is 0 Å². The van der Waals surface area contributed by atoms with E-state index in [0.717, 1.165) is 30.7 Å². The largest absolute Gasteiger partial charge is 0.396 e. The molecule has 2 aliphatic heterocycles. The van der Waals surface area contributed by atoms with E-state index in [1.807, 2.05) is 0 Å². The van der Waals surface area contributed by atoms with E-state index in [1.165, 1.54) is 4.90 Å². The van der Waals surface area contributed by atoms with Gasteiger partial charge in [-0.25, -0.2) is 4.90 Å². The first-order valence-corrected chi connectivity index (χ1v) is 8.59. The van der Waals surface area contributed by atoms with Gasteiger partial charge in [0, 0.05) is 13.0 Å². The molecule has 2 heterocycles. The predicted molar refractivity (Wildman–Crippen MR) is 87.5 cm³/mol. The number of piperidine rings is 1. The Bertz CT molecular complexity index is 605. The summed E-state index contributed by atoms with van der Waals surface area (Å²) in [5.74, 6) is -0.350. The van der Waals surface area contributed by atoms with Gasteiger partial charge in [0.25, 0.3) is 5.91 Å². The molecule has 2 saturated heterocycles.